The third-order valence-corrected chi connectivity index (χ3v) is 4.00. The number of Topliss-reactive ketones (excluding diaryl/α,β-unsaturated/α-hetero) is 1. The molecule has 0 bridgehead atoms. The van der Waals surface area contributed by atoms with Gasteiger partial charge in [0.05, 0.1) is 14.2 Å². The standard InChI is InChI=1S/C21H20NO3/c1-24-20-11-10-17(13-21(20)25-2)19(23)15-22-12-6-9-18(14-22)16-7-4-3-5-8-16/h3-14H,15H2,1-2H3/q+1. The third-order valence-electron chi connectivity index (χ3n) is 4.00. The summed E-state index contributed by atoms with van der Waals surface area (Å²) in [7, 11) is 3.13. The summed E-state index contributed by atoms with van der Waals surface area (Å²) in [5.74, 6) is 1.17. The van der Waals surface area contributed by atoms with Gasteiger partial charge in [-0.3, -0.25) is 4.79 Å². The summed E-state index contributed by atoms with van der Waals surface area (Å²) in [6.07, 6.45) is 3.87. The zero-order valence-electron chi connectivity index (χ0n) is 14.3. The smallest absolute Gasteiger partial charge is 0.227 e. The maximum atomic E-state index is 12.6. The molecule has 126 valence electrons. The van der Waals surface area contributed by atoms with Crippen LogP contribution in [-0.4, -0.2) is 20.0 Å². The van der Waals surface area contributed by atoms with E-state index in [0.29, 0.717) is 17.1 Å². The van der Waals surface area contributed by atoms with Gasteiger partial charge in [-0.15, -0.1) is 0 Å². The molecule has 4 nitrogen and oxygen atoms in total. The number of hydrogen-bond acceptors (Lipinski definition) is 3. The average Bonchev–Trinajstić information content (AvgIpc) is 2.68. The lowest BCUT2D eigenvalue weighted by Crippen LogP contribution is -2.37. The summed E-state index contributed by atoms with van der Waals surface area (Å²) in [5.41, 5.74) is 2.79. The highest BCUT2D eigenvalue weighted by Gasteiger charge is 2.15. The van der Waals surface area contributed by atoms with E-state index in [1.54, 1.807) is 32.4 Å². The predicted molar refractivity (Wildman–Crippen MR) is 95.9 cm³/mol. The summed E-state index contributed by atoms with van der Waals surface area (Å²) in [6, 6.07) is 19.3. The predicted octanol–water partition coefficient (Wildman–Crippen LogP) is 3.54. The second-order valence-corrected chi connectivity index (χ2v) is 5.62. The van der Waals surface area contributed by atoms with Crippen LogP contribution in [0.5, 0.6) is 11.5 Å². The Balaban J connectivity index is 1.82. The fourth-order valence-corrected chi connectivity index (χ4v) is 2.69. The van der Waals surface area contributed by atoms with Gasteiger partial charge in [-0.1, -0.05) is 30.3 Å². The average molecular weight is 334 g/mol. The van der Waals surface area contributed by atoms with E-state index in [4.69, 9.17) is 9.47 Å². The summed E-state index contributed by atoms with van der Waals surface area (Å²) in [5, 5.41) is 0. The number of carbonyl (C=O) groups excluding carboxylic acids is 1. The van der Waals surface area contributed by atoms with Crippen LogP contribution < -0.4 is 14.0 Å². The number of methoxy groups -OCH3 is 2. The number of nitrogens with zero attached hydrogens (tertiary/aromatic N) is 1. The van der Waals surface area contributed by atoms with Crippen molar-refractivity contribution in [2.75, 3.05) is 14.2 Å². The molecule has 0 spiro atoms. The molecule has 4 heteroatoms. The normalized spacial score (nSPS) is 10.3. The molecule has 3 aromatic rings. The highest BCUT2D eigenvalue weighted by Crippen LogP contribution is 2.27. The van der Waals surface area contributed by atoms with Crippen molar-refractivity contribution >= 4 is 5.78 Å². The van der Waals surface area contributed by atoms with Gasteiger partial charge in [-0.2, -0.15) is 4.57 Å². The number of pyridine rings is 1. The lowest BCUT2D eigenvalue weighted by Gasteiger charge is -2.08. The van der Waals surface area contributed by atoms with E-state index in [0.717, 1.165) is 11.1 Å². The first-order chi connectivity index (χ1) is 12.2. The minimum Gasteiger partial charge on any atom is -0.493 e. The van der Waals surface area contributed by atoms with Crippen LogP contribution in [0.3, 0.4) is 0 Å². The third kappa shape index (κ3) is 3.86. The zero-order valence-corrected chi connectivity index (χ0v) is 14.3. The molecule has 0 amide bonds. The van der Waals surface area contributed by atoms with Gasteiger partial charge < -0.3 is 9.47 Å². The van der Waals surface area contributed by atoms with Crippen LogP contribution in [0.2, 0.25) is 0 Å². The molecule has 2 aromatic carbocycles. The van der Waals surface area contributed by atoms with Crippen molar-refractivity contribution in [3.05, 3.63) is 78.6 Å². The SMILES string of the molecule is COc1ccc(C(=O)C[n+]2cccc(-c3ccccc3)c2)cc1OC. The number of aromatic nitrogens is 1. The minimum atomic E-state index is 0.0103. The Hall–Kier alpha value is -3.14. The first-order valence-electron chi connectivity index (χ1n) is 8.01. The van der Waals surface area contributed by atoms with Crippen LogP contribution in [0, 0.1) is 0 Å². The second kappa shape index (κ2) is 7.62. The van der Waals surface area contributed by atoms with Gasteiger partial charge in [0.25, 0.3) is 0 Å². The molecule has 0 aliphatic carbocycles. The van der Waals surface area contributed by atoms with Crippen LogP contribution in [0.4, 0.5) is 0 Å². The van der Waals surface area contributed by atoms with Crippen LogP contribution in [0.25, 0.3) is 11.1 Å². The van der Waals surface area contributed by atoms with E-state index in [1.807, 2.05) is 47.3 Å². The van der Waals surface area contributed by atoms with Crippen LogP contribution >= 0.6 is 0 Å². The summed E-state index contributed by atoms with van der Waals surface area (Å²) >= 11 is 0. The van der Waals surface area contributed by atoms with Gasteiger partial charge in [-0.25, -0.2) is 0 Å². The van der Waals surface area contributed by atoms with Crippen molar-refractivity contribution in [3.8, 4) is 22.6 Å². The van der Waals surface area contributed by atoms with Crippen molar-refractivity contribution in [1.29, 1.82) is 0 Å². The molecule has 3 rings (SSSR count). The van der Waals surface area contributed by atoms with Crippen molar-refractivity contribution in [2.45, 2.75) is 6.54 Å². The van der Waals surface area contributed by atoms with Gasteiger partial charge in [0.2, 0.25) is 12.3 Å². The Kier molecular flexibility index (Phi) is 5.09. The number of carbonyl (C=O) groups is 1. The number of benzene rings is 2. The van der Waals surface area contributed by atoms with Crippen LogP contribution in [-0.2, 0) is 6.54 Å². The van der Waals surface area contributed by atoms with E-state index in [-0.39, 0.29) is 12.3 Å². The van der Waals surface area contributed by atoms with E-state index in [2.05, 4.69) is 12.1 Å². The molecule has 25 heavy (non-hydrogen) atoms. The molecule has 1 heterocycles. The molecule has 1 aromatic heterocycles. The number of ether oxygens (including phenoxy) is 2. The molecule has 0 unspecified atom stereocenters. The van der Waals surface area contributed by atoms with Crippen LogP contribution in [0.15, 0.2) is 73.1 Å². The molecule has 0 saturated heterocycles. The van der Waals surface area contributed by atoms with Crippen LogP contribution in [0.1, 0.15) is 10.4 Å². The van der Waals surface area contributed by atoms with Gasteiger partial charge in [0.15, 0.2) is 23.9 Å². The van der Waals surface area contributed by atoms with E-state index >= 15 is 0 Å². The van der Waals surface area contributed by atoms with Crippen molar-refractivity contribution in [3.63, 3.8) is 0 Å². The van der Waals surface area contributed by atoms with Gasteiger partial charge in [-0.05, 0) is 29.8 Å². The first-order valence-corrected chi connectivity index (χ1v) is 8.01. The highest BCUT2D eigenvalue weighted by atomic mass is 16.5. The summed E-state index contributed by atoms with van der Waals surface area (Å²) in [6.45, 7) is 0.260. The molecule has 0 N–H and O–H groups in total. The maximum absolute atomic E-state index is 12.6. The second-order valence-electron chi connectivity index (χ2n) is 5.62. The molecule has 0 aliphatic rings. The van der Waals surface area contributed by atoms with Gasteiger partial charge in [0, 0.05) is 17.2 Å². The quantitative estimate of drug-likeness (QED) is 0.511. The summed E-state index contributed by atoms with van der Waals surface area (Å²) < 4.78 is 12.4. The van der Waals surface area contributed by atoms with Crippen molar-refractivity contribution in [2.24, 2.45) is 0 Å². The molecular formula is C21H20NO3+. The molecule has 0 atom stereocenters. The van der Waals surface area contributed by atoms with Crippen molar-refractivity contribution in [1.82, 2.24) is 0 Å². The van der Waals surface area contributed by atoms with E-state index < -0.39 is 0 Å². The molecule has 0 fully saturated rings. The Morgan fingerprint density at radius 1 is 0.880 bits per heavy atom. The van der Waals surface area contributed by atoms with E-state index in [1.165, 1.54) is 0 Å². The summed E-state index contributed by atoms with van der Waals surface area (Å²) in [4.78, 5) is 12.6. The fraction of sp³-hybridized carbons (Fsp3) is 0.143. The molecule has 0 radical (unpaired) electrons. The van der Waals surface area contributed by atoms with E-state index in [9.17, 15) is 4.79 Å². The van der Waals surface area contributed by atoms with Gasteiger partial charge >= 0.3 is 0 Å². The highest BCUT2D eigenvalue weighted by molar-refractivity contribution is 5.95. The number of hydrogen-bond donors (Lipinski definition) is 0. The zero-order chi connectivity index (χ0) is 17.6. The van der Waals surface area contributed by atoms with Gasteiger partial charge in [0.1, 0.15) is 0 Å². The Bertz CT molecular complexity index is 875. The lowest BCUT2D eigenvalue weighted by atomic mass is 10.1. The Morgan fingerprint density at radius 2 is 1.60 bits per heavy atom. The molecule has 0 aliphatic heterocycles. The fourth-order valence-electron chi connectivity index (χ4n) is 2.69. The largest absolute Gasteiger partial charge is 0.493 e. The Labute approximate surface area is 147 Å². The monoisotopic (exact) mass is 334 g/mol. The maximum Gasteiger partial charge on any atom is 0.227 e. The lowest BCUT2D eigenvalue weighted by molar-refractivity contribution is -0.682. The minimum absolute atomic E-state index is 0.0103. The Morgan fingerprint density at radius 3 is 2.32 bits per heavy atom. The topological polar surface area (TPSA) is 39.4 Å². The van der Waals surface area contributed by atoms with Crippen molar-refractivity contribution < 1.29 is 18.8 Å². The first kappa shape index (κ1) is 16.7. The molecule has 0 saturated carbocycles. The number of rotatable bonds is 6. The number of ketones is 1. The molecular weight excluding hydrogens is 314 g/mol.